The number of nitrogens with one attached hydrogen (secondary N) is 1. The van der Waals surface area contributed by atoms with Crippen LogP contribution in [-0.4, -0.2) is 5.91 Å². The molecule has 0 heterocycles. The van der Waals surface area contributed by atoms with Crippen LogP contribution in [0.15, 0.2) is 40.0 Å². The van der Waals surface area contributed by atoms with E-state index >= 15 is 0 Å². The lowest BCUT2D eigenvalue weighted by atomic mass is 10.1. The quantitative estimate of drug-likeness (QED) is 0.673. The van der Waals surface area contributed by atoms with Gasteiger partial charge in [-0.25, -0.2) is 0 Å². The highest BCUT2D eigenvalue weighted by molar-refractivity contribution is 14.1. The lowest BCUT2D eigenvalue weighted by molar-refractivity contribution is -0.117. The third-order valence-electron chi connectivity index (χ3n) is 1.99. The molecule has 1 aromatic carbocycles. The SMILES string of the molecule is C/C(I)=C/C(=O)N[C@@H](C)c1ccccc1. The molecule has 2 nitrogen and oxygen atoms in total. The second-order valence-electron chi connectivity index (χ2n) is 3.37. The van der Waals surface area contributed by atoms with Crippen LogP contribution in [0.4, 0.5) is 0 Å². The molecule has 1 rings (SSSR count). The average molecular weight is 315 g/mol. The Bertz CT molecular complexity index is 355. The Hall–Kier alpha value is -0.840. The molecule has 0 radical (unpaired) electrons. The van der Waals surface area contributed by atoms with E-state index in [1.807, 2.05) is 44.2 Å². The van der Waals surface area contributed by atoms with E-state index in [1.165, 1.54) is 0 Å². The normalized spacial score (nSPS) is 13.4. The van der Waals surface area contributed by atoms with Gasteiger partial charge in [-0.15, -0.1) is 0 Å². The van der Waals surface area contributed by atoms with Gasteiger partial charge in [-0.1, -0.05) is 30.3 Å². The Labute approximate surface area is 104 Å². The van der Waals surface area contributed by atoms with Gasteiger partial charge in [-0.3, -0.25) is 4.79 Å². The first-order valence-corrected chi connectivity index (χ1v) is 5.86. The molecule has 0 unspecified atom stereocenters. The minimum absolute atomic E-state index is 0.0433. The number of amides is 1. The molecular weight excluding hydrogens is 301 g/mol. The Morgan fingerprint density at radius 3 is 2.53 bits per heavy atom. The lowest BCUT2D eigenvalue weighted by Gasteiger charge is -2.12. The third kappa shape index (κ3) is 4.46. The molecule has 0 bridgehead atoms. The fourth-order valence-corrected chi connectivity index (χ4v) is 1.54. The largest absolute Gasteiger partial charge is 0.346 e. The summed E-state index contributed by atoms with van der Waals surface area (Å²) in [6, 6.07) is 9.96. The van der Waals surface area contributed by atoms with Crippen LogP contribution in [-0.2, 0) is 4.79 Å². The molecule has 3 heteroatoms. The summed E-state index contributed by atoms with van der Waals surface area (Å²) in [6.07, 6.45) is 1.60. The monoisotopic (exact) mass is 315 g/mol. The summed E-state index contributed by atoms with van der Waals surface area (Å²) in [5.74, 6) is -0.0433. The second kappa shape index (κ2) is 5.90. The Kier molecular flexibility index (Phi) is 4.81. The summed E-state index contributed by atoms with van der Waals surface area (Å²) in [4.78, 5) is 11.4. The fourth-order valence-electron chi connectivity index (χ4n) is 1.26. The maximum Gasteiger partial charge on any atom is 0.245 e. The summed E-state index contributed by atoms with van der Waals surface area (Å²) in [7, 11) is 0. The highest BCUT2D eigenvalue weighted by atomic mass is 127. The molecule has 1 aromatic rings. The smallest absolute Gasteiger partial charge is 0.245 e. The predicted molar refractivity (Wildman–Crippen MR) is 70.8 cm³/mol. The highest BCUT2D eigenvalue weighted by Gasteiger charge is 2.06. The standard InChI is InChI=1S/C12H14INO/c1-9(13)8-12(15)14-10(2)11-6-4-3-5-7-11/h3-8,10H,1-2H3,(H,14,15)/b9-8-/t10-/m0/s1. The Morgan fingerprint density at radius 1 is 1.40 bits per heavy atom. The van der Waals surface area contributed by atoms with Crippen LogP contribution in [0.25, 0.3) is 0 Å². The topological polar surface area (TPSA) is 29.1 Å². The van der Waals surface area contributed by atoms with Crippen molar-refractivity contribution in [1.29, 1.82) is 0 Å². The van der Waals surface area contributed by atoms with Crippen molar-refractivity contribution in [2.24, 2.45) is 0 Å². The number of rotatable bonds is 3. The van der Waals surface area contributed by atoms with Gasteiger partial charge in [-0.2, -0.15) is 0 Å². The molecule has 15 heavy (non-hydrogen) atoms. The van der Waals surface area contributed by atoms with E-state index in [0.717, 1.165) is 9.14 Å². The average Bonchev–Trinajstić information content (AvgIpc) is 2.17. The van der Waals surface area contributed by atoms with Crippen LogP contribution in [0.5, 0.6) is 0 Å². The number of allylic oxidation sites excluding steroid dienone is 1. The van der Waals surface area contributed by atoms with E-state index in [-0.39, 0.29) is 11.9 Å². The first kappa shape index (κ1) is 12.2. The minimum atomic E-state index is -0.0433. The number of carbonyl (C=O) groups is 1. The molecular formula is C12H14INO. The summed E-state index contributed by atoms with van der Waals surface area (Å²) in [6.45, 7) is 3.87. The number of halogens is 1. The summed E-state index contributed by atoms with van der Waals surface area (Å²) in [5, 5.41) is 2.91. The van der Waals surface area contributed by atoms with E-state index in [1.54, 1.807) is 6.08 Å². The molecule has 0 saturated heterocycles. The number of carbonyl (C=O) groups excluding carboxylic acids is 1. The Balaban J connectivity index is 2.61. The molecule has 1 N–H and O–H groups in total. The van der Waals surface area contributed by atoms with Crippen LogP contribution < -0.4 is 5.32 Å². The van der Waals surface area contributed by atoms with Gasteiger partial charge >= 0.3 is 0 Å². The molecule has 0 aliphatic carbocycles. The number of hydrogen-bond acceptors (Lipinski definition) is 1. The van der Waals surface area contributed by atoms with E-state index in [9.17, 15) is 4.79 Å². The van der Waals surface area contributed by atoms with Gasteiger partial charge in [0.05, 0.1) is 6.04 Å². The number of benzene rings is 1. The summed E-state index contributed by atoms with van der Waals surface area (Å²) in [5.41, 5.74) is 1.12. The van der Waals surface area contributed by atoms with Gasteiger partial charge < -0.3 is 5.32 Å². The first-order valence-electron chi connectivity index (χ1n) is 4.79. The maximum absolute atomic E-state index is 11.4. The molecule has 1 amide bonds. The highest BCUT2D eigenvalue weighted by Crippen LogP contribution is 2.11. The molecule has 80 valence electrons. The van der Waals surface area contributed by atoms with Gasteiger partial charge in [0.15, 0.2) is 0 Å². The first-order chi connectivity index (χ1) is 7.09. The van der Waals surface area contributed by atoms with Gasteiger partial charge in [0, 0.05) is 6.08 Å². The zero-order valence-electron chi connectivity index (χ0n) is 8.83. The van der Waals surface area contributed by atoms with E-state index < -0.39 is 0 Å². The Morgan fingerprint density at radius 2 is 2.00 bits per heavy atom. The molecule has 0 aliphatic rings. The van der Waals surface area contributed by atoms with Crippen LogP contribution in [0.2, 0.25) is 0 Å². The van der Waals surface area contributed by atoms with Crippen molar-refractivity contribution in [3.05, 3.63) is 45.6 Å². The second-order valence-corrected chi connectivity index (χ2v) is 5.07. The van der Waals surface area contributed by atoms with Crippen molar-refractivity contribution in [2.45, 2.75) is 19.9 Å². The van der Waals surface area contributed by atoms with E-state index in [0.29, 0.717) is 0 Å². The zero-order valence-corrected chi connectivity index (χ0v) is 11.0. The summed E-state index contributed by atoms with van der Waals surface area (Å²) < 4.78 is 0.977. The summed E-state index contributed by atoms with van der Waals surface area (Å²) >= 11 is 2.12. The van der Waals surface area contributed by atoms with Crippen LogP contribution in [0, 0.1) is 0 Å². The van der Waals surface area contributed by atoms with Crippen molar-refractivity contribution >= 4 is 28.5 Å². The lowest BCUT2D eigenvalue weighted by Crippen LogP contribution is -2.24. The molecule has 0 fully saturated rings. The third-order valence-corrected chi connectivity index (χ3v) is 2.30. The predicted octanol–water partition coefficient (Wildman–Crippen LogP) is 3.20. The van der Waals surface area contributed by atoms with Gasteiger partial charge in [-0.05, 0) is 45.6 Å². The van der Waals surface area contributed by atoms with Crippen LogP contribution in [0.1, 0.15) is 25.5 Å². The molecule has 0 saturated carbocycles. The maximum atomic E-state index is 11.4. The molecule has 1 atom stereocenters. The fraction of sp³-hybridized carbons (Fsp3) is 0.250. The zero-order chi connectivity index (χ0) is 11.3. The number of hydrogen-bond donors (Lipinski definition) is 1. The van der Waals surface area contributed by atoms with E-state index in [2.05, 4.69) is 27.9 Å². The van der Waals surface area contributed by atoms with Gasteiger partial charge in [0.25, 0.3) is 0 Å². The van der Waals surface area contributed by atoms with E-state index in [4.69, 9.17) is 0 Å². The minimum Gasteiger partial charge on any atom is -0.346 e. The van der Waals surface area contributed by atoms with Crippen molar-refractivity contribution in [3.63, 3.8) is 0 Å². The van der Waals surface area contributed by atoms with Crippen molar-refractivity contribution < 1.29 is 4.79 Å². The van der Waals surface area contributed by atoms with Gasteiger partial charge in [0.1, 0.15) is 0 Å². The van der Waals surface area contributed by atoms with Crippen molar-refractivity contribution in [3.8, 4) is 0 Å². The van der Waals surface area contributed by atoms with Crippen LogP contribution in [0.3, 0.4) is 0 Å². The molecule has 0 aliphatic heterocycles. The van der Waals surface area contributed by atoms with Crippen molar-refractivity contribution in [1.82, 2.24) is 5.32 Å². The van der Waals surface area contributed by atoms with Crippen molar-refractivity contribution in [2.75, 3.05) is 0 Å². The van der Waals surface area contributed by atoms with Crippen LogP contribution >= 0.6 is 22.6 Å². The molecule has 0 spiro atoms. The molecule has 0 aromatic heterocycles. The van der Waals surface area contributed by atoms with Gasteiger partial charge in [0.2, 0.25) is 5.91 Å².